The zero-order valence-corrected chi connectivity index (χ0v) is 13.2. The molecule has 0 heterocycles. The number of halogens is 3. The van der Waals surface area contributed by atoms with Crippen LogP contribution in [0.5, 0.6) is 0 Å². The summed E-state index contributed by atoms with van der Waals surface area (Å²) in [6, 6.07) is -2.56. The largest absolute Gasteiger partial charge is 0.344 e. The molecule has 0 nitrogen and oxygen atoms in total. The van der Waals surface area contributed by atoms with E-state index in [9.17, 15) is 0 Å². The van der Waals surface area contributed by atoms with Crippen molar-refractivity contribution in [1.82, 2.24) is 0 Å². The number of hydrogen-bond acceptors (Lipinski definition) is 0. The summed E-state index contributed by atoms with van der Waals surface area (Å²) in [5.41, 5.74) is 0.363. The Morgan fingerprint density at radius 1 is 0.867 bits per heavy atom. The molecule has 0 aromatic heterocycles. The number of rotatable bonds is 3. The van der Waals surface area contributed by atoms with Crippen LogP contribution in [0.25, 0.3) is 0 Å². The summed E-state index contributed by atoms with van der Waals surface area (Å²) in [6.07, 6.45) is 2.48. The van der Waals surface area contributed by atoms with E-state index < -0.39 is 6.00 Å². The first-order valence-corrected chi connectivity index (χ1v) is 10.9. The predicted molar refractivity (Wildman–Crippen MR) is 73.0 cm³/mol. The molecule has 90 valence electrons. The fraction of sp³-hybridized carbons (Fsp3) is 1.00. The van der Waals surface area contributed by atoms with E-state index in [-0.39, 0.29) is 0 Å². The van der Waals surface area contributed by atoms with Crippen molar-refractivity contribution < 1.29 is 0 Å². The normalized spacial score (nSPS) is 33.0. The summed E-state index contributed by atoms with van der Waals surface area (Å²) in [4.78, 5) is 0. The minimum absolute atomic E-state index is 0.363. The maximum absolute atomic E-state index is 6.29. The molecule has 1 aliphatic rings. The first kappa shape index (κ1) is 14.1. The molecular formula is C11H21Cl3Si. The molecule has 0 aliphatic heterocycles. The lowest BCUT2D eigenvalue weighted by Crippen LogP contribution is -2.32. The molecule has 2 atom stereocenters. The lowest BCUT2D eigenvalue weighted by molar-refractivity contribution is 0.337. The second-order valence-electron chi connectivity index (χ2n) is 5.46. The lowest BCUT2D eigenvalue weighted by atomic mass is 9.88. The minimum Gasteiger partial charge on any atom is -0.126 e. The molecule has 0 aromatic carbocycles. The molecule has 0 aromatic rings. The average molecular weight is 288 g/mol. The highest BCUT2D eigenvalue weighted by atomic mass is 35.8. The highest BCUT2D eigenvalue weighted by Gasteiger charge is 2.51. The van der Waals surface area contributed by atoms with Crippen molar-refractivity contribution in [2.45, 2.75) is 46.1 Å². The van der Waals surface area contributed by atoms with Crippen molar-refractivity contribution in [3.05, 3.63) is 0 Å². The fourth-order valence-electron chi connectivity index (χ4n) is 3.04. The van der Waals surface area contributed by atoms with Crippen LogP contribution >= 0.6 is 33.2 Å². The van der Waals surface area contributed by atoms with Gasteiger partial charge in [0.1, 0.15) is 0 Å². The molecule has 1 fully saturated rings. The summed E-state index contributed by atoms with van der Waals surface area (Å²) in [5.74, 6) is 2.52. The Balaban J connectivity index is 2.88. The SMILES string of the molecule is CC(C)C1CCC(C(C)C)C1[Si](Cl)(Cl)Cl. The smallest absolute Gasteiger partial charge is 0.126 e. The van der Waals surface area contributed by atoms with Gasteiger partial charge in [-0.05, 0) is 36.5 Å². The van der Waals surface area contributed by atoms with Gasteiger partial charge in [0.05, 0.1) is 0 Å². The van der Waals surface area contributed by atoms with Crippen molar-refractivity contribution in [2.75, 3.05) is 0 Å². The van der Waals surface area contributed by atoms with Crippen molar-refractivity contribution in [3.63, 3.8) is 0 Å². The molecule has 1 aliphatic carbocycles. The highest BCUT2D eigenvalue weighted by Crippen LogP contribution is 2.56. The monoisotopic (exact) mass is 286 g/mol. The Labute approximate surface area is 109 Å². The van der Waals surface area contributed by atoms with Crippen LogP contribution in [0.3, 0.4) is 0 Å². The van der Waals surface area contributed by atoms with Gasteiger partial charge in [-0.1, -0.05) is 27.7 Å². The van der Waals surface area contributed by atoms with Gasteiger partial charge in [-0.2, -0.15) is 0 Å². The molecule has 15 heavy (non-hydrogen) atoms. The van der Waals surface area contributed by atoms with E-state index >= 15 is 0 Å². The van der Waals surface area contributed by atoms with Crippen molar-refractivity contribution in [3.8, 4) is 0 Å². The predicted octanol–water partition coefficient (Wildman–Crippen LogP) is 5.35. The molecule has 1 saturated carbocycles. The first-order chi connectivity index (χ1) is 6.75. The molecule has 2 unspecified atom stereocenters. The van der Waals surface area contributed by atoms with Crippen LogP contribution in [-0.4, -0.2) is 6.00 Å². The summed E-state index contributed by atoms with van der Waals surface area (Å²) < 4.78 is 0. The Morgan fingerprint density at radius 3 is 1.40 bits per heavy atom. The fourth-order valence-corrected chi connectivity index (χ4v) is 8.03. The van der Waals surface area contributed by atoms with Gasteiger partial charge in [-0.15, -0.1) is 33.2 Å². The third-order valence-corrected chi connectivity index (χ3v) is 7.73. The summed E-state index contributed by atoms with van der Waals surface area (Å²) in [6.45, 7) is 9.02. The van der Waals surface area contributed by atoms with Crippen LogP contribution < -0.4 is 0 Å². The molecular weight excluding hydrogens is 267 g/mol. The van der Waals surface area contributed by atoms with E-state index in [2.05, 4.69) is 27.7 Å². The van der Waals surface area contributed by atoms with Crippen LogP contribution in [0.1, 0.15) is 40.5 Å². The average Bonchev–Trinajstić information content (AvgIpc) is 2.45. The second kappa shape index (κ2) is 5.16. The van der Waals surface area contributed by atoms with Crippen LogP contribution in [0, 0.1) is 23.7 Å². The van der Waals surface area contributed by atoms with E-state index in [1.165, 1.54) is 12.8 Å². The van der Waals surface area contributed by atoms with Gasteiger partial charge in [0.2, 0.25) is 0 Å². The van der Waals surface area contributed by atoms with Gasteiger partial charge in [0.15, 0.2) is 0 Å². The van der Waals surface area contributed by atoms with Gasteiger partial charge in [-0.25, -0.2) is 0 Å². The lowest BCUT2D eigenvalue weighted by Gasteiger charge is -2.33. The molecule has 0 bridgehead atoms. The summed E-state index contributed by atoms with van der Waals surface area (Å²) in [5, 5.41) is 0. The maximum Gasteiger partial charge on any atom is 0.344 e. The van der Waals surface area contributed by atoms with E-state index in [0.29, 0.717) is 29.2 Å². The van der Waals surface area contributed by atoms with Gasteiger partial charge >= 0.3 is 6.00 Å². The topological polar surface area (TPSA) is 0 Å². The Bertz CT molecular complexity index is 194. The molecule has 0 amide bonds. The molecule has 0 spiro atoms. The Hall–Kier alpha value is 1.09. The maximum atomic E-state index is 6.29. The zero-order chi connectivity index (χ0) is 11.8. The first-order valence-electron chi connectivity index (χ1n) is 5.81. The van der Waals surface area contributed by atoms with Crippen molar-refractivity contribution in [2.24, 2.45) is 23.7 Å². The van der Waals surface area contributed by atoms with Crippen LogP contribution in [-0.2, 0) is 0 Å². The van der Waals surface area contributed by atoms with Crippen LogP contribution in [0.15, 0.2) is 0 Å². The zero-order valence-electron chi connectivity index (χ0n) is 9.93. The molecule has 0 saturated heterocycles. The minimum atomic E-state index is -2.56. The quantitative estimate of drug-likeness (QED) is 0.485. The summed E-state index contributed by atoms with van der Waals surface area (Å²) in [7, 11) is 0. The van der Waals surface area contributed by atoms with Crippen LogP contribution in [0.4, 0.5) is 0 Å². The van der Waals surface area contributed by atoms with E-state index in [4.69, 9.17) is 33.2 Å². The Morgan fingerprint density at radius 2 is 1.20 bits per heavy atom. The van der Waals surface area contributed by atoms with Gasteiger partial charge in [-0.3, -0.25) is 0 Å². The molecule has 1 rings (SSSR count). The highest BCUT2D eigenvalue weighted by molar-refractivity contribution is 7.65. The van der Waals surface area contributed by atoms with Gasteiger partial charge in [0, 0.05) is 5.54 Å². The van der Waals surface area contributed by atoms with Crippen molar-refractivity contribution >= 4 is 39.2 Å². The Kier molecular flexibility index (Phi) is 4.87. The molecule has 0 radical (unpaired) electrons. The van der Waals surface area contributed by atoms with Gasteiger partial charge in [0.25, 0.3) is 0 Å². The second-order valence-corrected chi connectivity index (χ2v) is 14.3. The van der Waals surface area contributed by atoms with E-state index in [1.807, 2.05) is 0 Å². The third-order valence-electron chi connectivity index (χ3n) is 3.85. The third kappa shape index (κ3) is 3.28. The van der Waals surface area contributed by atoms with Gasteiger partial charge < -0.3 is 0 Å². The standard InChI is InChI=1S/C11H21Cl3Si/c1-7(2)9-5-6-10(8(3)4)11(9)15(12,13)14/h7-11H,5-6H2,1-4H3. The summed E-state index contributed by atoms with van der Waals surface area (Å²) >= 11 is 18.9. The van der Waals surface area contributed by atoms with Crippen LogP contribution in [0.2, 0.25) is 5.54 Å². The molecule has 0 N–H and O–H groups in total. The van der Waals surface area contributed by atoms with Crippen molar-refractivity contribution in [1.29, 1.82) is 0 Å². The van der Waals surface area contributed by atoms with E-state index in [1.54, 1.807) is 0 Å². The number of hydrogen-bond donors (Lipinski definition) is 0. The molecule has 4 heteroatoms. The van der Waals surface area contributed by atoms with E-state index in [0.717, 1.165) is 0 Å².